The van der Waals surface area contributed by atoms with Gasteiger partial charge >= 0.3 is 0 Å². The maximum atomic E-state index is 12.4. The number of likely N-dealkylation sites (N-methyl/N-ethyl adjacent to an activating group) is 1. The number of hydrogen-bond acceptors (Lipinski definition) is 5. The number of carbonyl (C=O) groups is 1. The highest BCUT2D eigenvalue weighted by Crippen LogP contribution is 2.25. The van der Waals surface area contributed by atoms with Crippen molar-refractivity contribution in [2.45, 2.75) is 45.8 Å². The maximum absolute atomic E-state index is 12.4. The zero-order valence-electron chi connectivity index (χ0n) is 20.4. The molecule has 1 unspecified atom stereocenters. The van der Waals surface area contributed by atoms with Gasteiger partial charge in [-0.1, -0.05) is 68.4 Å². The first-order valence-corrected chi connectivity index (χ1v) is 11.6. The van der Waals surface area contributed by atoms with E-state index < -0.39 is 0 Å². The summed E-state index contributed by atoms with van der Waals surface area (Å²) in [6.07, 6.45) is 1.45. The molecule has 3 rings (SSSR count). The molecule has 1 aromatic heterocycles. The van der Waals surface area contributed by atoms with Crippen molar-refractivity contribution < 1.29 is 9.21 Å². The van der Waals surface area contributed by atoms with Crippen LogP contribution in [0.5, 0.6) is 0 Å². The lowest BCUT2D eigenvalue weighted by Gasteiger charge is -2.28. The molecule has 1 atom stereocenters. The number of oxazole rings is 1. The van der Waals surface area contributed by atoms with Crippen LogP contribution in [0.4, 0.5) is 0 Å². The number of nitrogens with one attached hydrogen (secondary N) is 1. The van der Waals surface area contributed by atoms with Gasteiger partial charge in [0.2, 0.25) is 5.89 Å². The molecule has 1 N–H and O–H groups in total. The summed E-state index contributed by atoms with van der Waals surface area (Å²) in [6.45, 7) is 9.20. The van der Waals surface area contributed by atoms with Gasteiger partial charge in [0, 0.05) is 25.7 Å². The lowest BCUT2D eigenvalue weighted by molar-refractivity contribution is 0.0946. The number of benzene rings is 2. The summed E-state index contributed by atoms with van der Waals surface area (Å²) in [7, 11) is 3.94. The molecule has 1 heterocycles. The number of aromatic nitrogens is 1. The van der Waals surface area contributed by atoms with Crippen molar-refractivity contribution in [1.82, 2.24) is 20.1 Å². The van der Waals surface area contributed by atoms with Crippen LogP contribution in [0.1, 0.15) is 65.8 Å². The topological polar surface area (TPSA) is 61.6 Å². The number of rotatable bonds is 11. The Balaban J connectivity index is 1.74. The number of hydrogen-bond donors (Lipinski definition) is 1. The molecule has 2 aromatic carbocycles. The molecule has 6 heteroatoms. The van der Waals surface area contributed by atoms with E-state index >= 15 is 0 Å². The van der Waals surface area contributed by atoms with Crippen molar-refractivity contribution >= 4 is 5.91 Å². The van der Waals surface area contributed by atoms with E-state index in [0.717, 1.165) is 13.1 Å². The summed E-state index contributed by atoms with van der Waals surface area (Å²) < 4.78 is 5.69. The van der Waals surface area contributed by atoms with E-state index in [2.05, 4.69) is 84.5 Å². The Hall–Kier alpha value is -2.96. The third-order valence-electron chi connectivity index (χ3n) is 5.83. The quantitative estimate of drug-likeness (QED) is 0.454. The van der Waals surface area contributed by atoms with Gasteiger partial charge in [-0.15, -0.1) is 0 Å². The van der Waals surface area contributed by atoms with E-state index in [1.807, 2.05) is 25.1 Å². The number of carbonyl (C=O) groups excluding carboxylic acids is 1. The van der Waals surface area contributed by atoms with Crippen LogP contribution < -0.4 is 5.32 Å². The zero-order chi connectivity index (χ0) is 23.8. The average molecular weight is 449 g/mol. The van der Waals surface area contributed by atoms with Crippen molar-refractivity contribution in [3.05, 3.63) is 89.1 Å². The Bertz CT molecular complexity index is 996. The minimum absolute atomic E-state index is 0.153. The van der Waals surface area contributed by atoms with E-state index in [4.69, 9.17) is 4.42 Å². The summed E-state index contributed by atoms with van der Waals surface area (Å²) in [4.78, 5) is 21.2. The summed E-state index contributed by atoms with van der Waals surface area (Å²) in [5, 5.41) is 2.88. The molecular weight excluding hydrogens is 412 g/mol. The molecular formula is C27H36N4O2. The van der Waals surface area contributed by atoms with Gasteiger partial charge in [0.25, 0.3) is 5.91 Å². The van der Waals surface area contributed by atoms with Gasteiger partial charge in [0.05, 0.1) is 6.54 Å². The van der Waals surface area contributed by atoms with Crippen molar-refractivity contribution in [3.8, 4) is 0 Å². The van der Waals surface area contributed by atoms with E-state index in [0.29, 0.717) is 30.6 Å². The first-order valence-electron chi connectivity index (χ1n) is 11.6. The molecule has 0 spiro atoms. The lowest BCUT2D eigenvalue weighted by atomic mass is 10.0. The van der Waals surface area contributed by atoms with Gasteiger partial charge in [0.15, 0.2) is 5.69 Å². The number of nitrogens with zero attached hydrogens (tertiary/aromatic N) is 3. The predicted molar refractivity (Wildman–Crippen MR) is 132 cm³/mol. The Morgan fingerprint density at radius 3 is 2.30 bits per heavy atom. The Kier molecular flexibility index (Phi) is 8.80. The van der Waals surface area contributed by atoms with Gasteiger partial charge in [-0.25, -0.2) is 4.98 Å². The highest BCUT2D eigenvalue weighted by Gasteiger charge is 2.20. The summed E-state index contributed by atoms with van der Waals surface area (Å²) in [5.74, 6) is 0.834. The summed E-state index contributed by atoms with van der Waals surface area (Å²) >= 11 is 0. The summed E-state index contributed by atoms with van der Waals surface area (Å²) in [6, 6.07) is 19.4. The van der Waals surface area contributed by atoms with E-state index in [1.54, 1.807) is 0 Å². The normalized spacial score (nSPS) is 12.5. The highest BCUT2D eigenvalue weighted by atomic mass is 16.3. The van der Waals surface area contributed by atoms with Crippen LogP contribution in [-0.2, 0) is 13.1 Å². The molecule has 1 amide bonds. The fourth-order valence-electron chi connectivity index (χ4n) is 3.66. The Morgan fingerprint density at radius 1 is 0.970 bits per heavy atom. The molecule has 0 radical (unpaired) electrons. The van der Waals surface area contributed by atoms with Gasteiger partial charge in [-0.05, 0) is 43.6 Å². The largest absolute Gasteiger partial charge is 0.447 e. The van der Waals surface area contributed by atoms with Gasteiger partial charge in [-0.3, -0.25) is 9.69 Å². The first-order chi connectivity index (χ1) is 15.8. The SMILES string of the molecule is CC(C)c1ccc(CN(Cc2nc(C(=O)NCCN(C)C)co2)C(C)c2ccccc2)cc1. The molecule has 0 aliphatic rings. The highest BCUT2D eigenvalue weighted by molar-refractivity contribution is 5.91. The van der Waals surface area contributed by atoms with E-state index in [-0.39, 0.29) is 11.9 Å². The second kappa shape index (κ2) is 11.8. The fraction of sp³-hybridized carbons (Fsp3) is 0.407. The molecule has 0 aliphatic heterocycles. The fourth-order valence-corrected chi connectivity index (χ4v) is 3.66. The van der Waals surface area contributed by atoms with Crippen LogP contribution in [0, 0.1) is 0 Å². The van der Waals surface area contributed by atoms with Crippen LogP contribution in [0.2, 0.25) is 0 Å². The Labute approximate surface area is 197 Å². The monoisotopic (exact) mass is 448 g/mol. The minimum Gasteiger partial charge on any atom is -0.447 e. The molecule has 3 aromatic rings. The number of amides is 1. The molecule has 176 valence electrons. The second-order valence-corrected chi connectivity index (χ2v) is 9.07. The minimum atomic E-state index is -0.209. The molecule has 33 heavy (non-hydrogen) atoms. The molecule has 0 aliphatic carbocycles. The standard InChI is InChI=1S/C27H36N4O2/c1-20(2)23-13-11-22(12-14-23)17-31(21(3)24-9-7-6-8-10-24)18-26-29-25(19-33-26)27(32)28-15-16-30(4)5/h6-14,19-21H,15-18H2,1-5H3,(H,28,32). The molecule has 0 saturated carbocycles. The van der Waals surface area contributed by atoms with Crippen LogP contribution >= 0.6 is 0 Å². The zero-order valence-corrected chi connectivity index (χ0v) is 20.4. The molecule has 0 bridgehead atoms. The van der Waals surface area contributed by atoms with Crippen LogP contribution in [0.25, 0.3) is 0 Å². The second-order valence-electron chi connectivity index (χ2n) is 9.07. The first kappa shape index (κ1) is 24.7. The smallest absolute Gasteiger partial charge is 0.273 e. The van der Waals surface area contributed by atoms with Gasteiger partial charge in [0.1, 0.15) is 6.26 Å². The van der Waals surface area contributed by atoms with Crippen molar-refractivity contribution in [3.63, 3.8) is 0 Å². The molecule has 0 saturated heterocycles. The van der Waals surface area contributed by atoms with E-state index in [9.17, 15) is 4.79 Å². The maximum Gasteiger partial charge on any atom is 0.273 e. The van der Waals surface area contributed by atoms with Gasteiger partial charge in [-0.2, -0.15) is 0 Å². The third-order valence-corrected chi connectivity index (χ3v) is 5.83. The Morgan fingerprint density at radius 2 is 1.67 bits per heavy atom. The summed E-state index contributed by atoms with van der Waals surface area (Å²) in [5.41, 5.74) is 4.11. The molecule has 0 fully saturated rings. The average Bonchev–Trinajstić information content (AvgIpc) is 3.27. The molecule has 6 nitrogen and oxygen atoms in total. The van der Waals surface area contributed by atoms with Crippen LogP contribution in [-0.4, -0.2) is 47.9 Å². The lowest BCUT2D eigenvalue weighted by Crippen LogP contribution is -2.31. The van der Waals surface area contributed by atoms with Crippen molar-refractivity contribution in [1.29, 1.82) is 0 Å². The van der Waals surface area contributed by atoms with E-state index in [1.165, 1.54) is 23.0 Å². The van der Waals surface area contributed by atoms with Crippen LogP contribution in [0.15, 0.2) is 65.3 Å². The van der Waals surface area contributed by atoms with Gasteiger partial charge < -0.3 is 14.6 Å². The van der Waals surface area contributed by atoms with Crippen LogP contribution in [0.3, 0.4) is 0 Å². The van der Waals surface area contributed by atoms with Crippen molar-refractivity contribution in [2.24, 2.45) is 0 Å². The predicted octanol–water partition coefficient (Wildman–Crippen LogP) is 4.85. The third kappa shape index (κ3) is 7.27. The van der Waals surface area contributed by atoms with Crippen molar-refractivity contribution in [2.75, 3.05) is 27.2 Å².